The number of phenols is 1. The second-order valence-corrected chi connectivity index (χ2v) is 10.0. The van der Waals surface area contributed by atoms with Crippen LogP contribution in [0.5, 0.6) is 5.75 Å². The van der Waals surface area contributed by atoms with Crippen LogP contribution >= 0.6 is 0 Å². The molecule has 0 saturated carbocycles. The zero-order chi connectivity index (χ0) is 25.9. The molecule has 0 unspecified atom stereocenters. The van der Waals surface area contributed by atoms with Gasteiger partial charge in [0.15, 0.2) is 0 Å². The lowest BCUT2D eigenvalue weighted by atomic mass is 10.00. The lowest BCUT2D eigenvalue weighted by Gasteiger charge is -2.11. The lowest BCUT2D eigenvalue weighted by molar-refractivity contribution is 0.477. The van der Waals surface area contributed by atoms with Gasteiger partial charge in [-0.15, -0.1) is 0 Å². The average molecular weight is 502 g/mol. The van der Waals surface area contributed by atoms with E-state index in [9.17, 15) is 5.11 Å². The van der Waals surface area contributed by atoms with E-state index >= 15 is 0 Å². The summed E-state index contributed by atoms with van der Waals surface area (Å²) in [7, 11) is 0. The van der Waals surface area contributed by atoms with Gasteiger partial charge < -0.3 is 5.11 Å². The van der Waals surface area contributed by atoms with Gasteiger partial charge in [0.2, 0.25) is 0 Å². The fourth-order valence-corrected chi connectivity index (χ4v) is 6.06. The molecule has 0 amide bonds. The van der Waals surface area contributed by atoms with Crippen LogP contribution in [0.4, 0.5) is 0 Å². The SMILES string of the molecule is Oc1ccccc1-c1cccc(-c2cccc(-n3c4ccc5c(c4c4cccnc43)-c3ccccc3C5)c2)n1. The zero-order valence-corrected chi connectivity index (χ0v) is 21.0. The maximum atomic E-state index is 10.4. The Labute approximate surface area is 225 Å². The molecule has 4 nitrogen and oxygen atoms in total. The summed E-state index contributed by atoms with van der Waals surface area (Å²) in [5.74, 6) is 0.223. The summed E-state index contributed by atoms with van der Waals surface area (Å²) in [6.07, 6.45) is 2.83. The van der Waals surface area contributed by atoms with E-state index < -0.39 is 0 Å². The Morgan fingerprint density at radius 2 is 1.49 bits per heavy atom. The molecule has 3 heterocycles. The van der Waals surface area contributed by atoms with Gasteiger partial charge in [0.1, 0.15) is 11.4 Å². The van der Waals surface area contributed by atoms with E-state index in [4.69, 9.17) is 9.97 Å². The summed E-state index contributed by atoms with van der Waals surface area (Å²) in [5, 5.41) is 12.8. The summed E-state index contributed by atoms with van der Waals surface area (Å²) in [4.78, 5) is 9.77. The minimum absolute atomic E-state index is 0.223. The molecule has 0 aliphatic heterocycles. The van der Waals surface area contributed by atoms with Gasteiger partial charge in [-0.1, -0.05) is 60.7 Å². The Morgan fingerprint density at radius 3 is 2.41 bits per heavy atom. The van der Waals surface area contributed by atoms with Gasteiger partial charge in [-0.05, 0) is 83.3 Å². The third-order valence-electron chi connectivity index (χ3n) is 7.78. The van der Waals surface area contributed by atoms with Crippen LogP contribution in [0.3, 0.4) is 0 Å². The molecule has 0 radical (unpaired) electrons. The normalized spacial score (nSPS) is 12.1. The molecular formula is C35H23N3O. The van der Waals surface area contributed by atoms with Gasteiger partial charge in [-0.2, -0.15) is 0 Å². The maximum absolute atomic E-state index is 10.4. The van der Waals surface area contributed by atoms with Crippen LogP contribution in [0.2, 0.25) is 0 Å². The quantitative estimate of drug-likeness (QED) is 0.266. The van der Waals surface area contributed by atoms with Crippen molar-refractivity contribution in [2.24, 2.45) is 0 Å². The van der Waals surface area contributed by atoms with Crippen molar-refractivity contribution >= 4 is 21.9 Å². The second kappa shape index (κ2) is 8.40. The Balaban J connectivity index is 1.34. The van der Waals surface area contributed by atoms with E-state index in [1.807, 2.05) is 48.7 Å². The van der Waals surface area contributed by atoms with Crippen LogP contribution in [-0.2, 0) is 6.42 Å². The molecule has 8 rings (SSSR count). The van der Waals surface area contributed by atoms with Crippen LogP contribution in [0.15, 0.2) is 121 Å². The van der Waals surface area contributed by atoms with Gasteiger partial charge in [-0.3, -0.25) is 4.57 Å². The largest absolute Gasteiger partial charge is 0.507 e. The summed E-state index contributed by atoms with van der Waals surface area (Å²) >= 11 is 0. The summed E-state index contributed by atoms with van der Waals surface area (Å²) in [6.45, 7) is 0. The van der Waals surface area contributed by atoms with Crippen molar-refractivity contribution in [3.05, 3.63) is 133 Å². The molecule has 0 bridgehead atoms. The molecule has 1 aliphatic rings. The number of para-hydroxylation sites is 1. The first-order valence-corrected chi connectivity index (χ1v) is 13.1. The highest BCUT2D eigenvalue weighted by molar-refractivity contribution is 6.16. The number of aromatic hydroxyl groups is 1. The molecule has 7 aromatic rings. The molecule has 1 N–H and O–H groups in total. The molecule has 0 saturated heterocycles. The molecule has 0 spiro atoms. The highest BCUT2D eigenvalue weighted by Crippen LogP contribution is 2.45. The fraction of sp³-hybridized carbons (Fsp3) is 0.0286. The van der Waals surface area contributed by atoms with Gasteiger partial charge in [0.05, 0.1) is 16.9 Å². The standard InChI is InChI=1S/C35H23N3O/c39-32-16-4-3-12-27(32)30-15-6-14-29(37-30)23-9-5-10-25(21-23)38-31-18-17-24-20-22-8-1-2-11-26(22)33(24)34(31)28-13-7-19-36-35(28)38/h1-19,21,39H,20H2. The maximum Gasteiger partial charge on any atom is 0.145 e. The van der Waals surface area contributed by atoms with Gasteiger partial charge in [-0.25, -0.2) is 9.97 Å². The van der Waals surface area contributed by atoms with Crippen molar-refractivity contribution in [1.82, 2.24) is 14.5 Å². The number of pyridine rings is 2. The Bertz CT molecular complexity index is 2070. The molecule has 184 valence electrons. The first-order chi connectivity index (χ1) is 19.3. The summed E-state index contributed by atoms with van der Waals surface area (Å²) in [5.41, 5.74) is 11.8. The number of phenolic OH excluding ortho intramolecular Hbond substituents is 1. The molecular weight excluding hydrogens is 478 g/mol. The zero-order valence-electron chi connectivity index (χ0n) is 21.0. The van der Waals surface area contributed by atoms with Crippen LogP contribution < -0.4 is 0 Å². The van der Waals surface area contributed by atoms with Gasteiger partial charge in [0.25, 0.3) is 0 Å². The van der Waals surface area contributed by atoms with Crippen molar-refractivity contribution in [2.75, 3.05) is 0 Å². The fourth-order valence-electron chi connectivity index (χ4n) is 6.06. The third-order valence-corrected chi connectivity index (χ3v) is 7.78. The minimum Gasteiger partial charge on any atom is -0.507 e. The first kappa shape index (κ1) is 21.8. The van der Waals surface area contributed by atoms with E-state index in [2.05, 4.69) is 71.3 Å². The number of aromatic nitrogens is 3. The number of benzene rings is 4. The van der Waals surface area contributed by atoms with Crippen LogP contribution in [0.1, 0.15) is 11.1 Å². The Morgan fingerprint density at radius 1 is 0.667 bits per heavy atom. The van der Waals surface area contributed by atoms with E-state index in [1.54, 1.807) is 6.07 Å². The predicted molar refractivity (Wildman–Crippen MR) is 157 cm³/mol. The molecule has 3 aromatic heterocycles. The number of rotatable bonds is 3. The third kappa shape index (κ3) is 3.32. The van der Waals surface area contributed by atoms with Crippen LogP contribution in [-0.4, -0.2) is 19.6 Å². The smallest absolute Gasteiger partial charge is 0.145 e. The molecule has 0 atom stereocenters. The van der Waals surface area contributed by atoms with Crippen LogP contribution in [0, 0.1) is 0 Å². The highest BCUT2D eigenvalue weighted by atomic mass is 16.3. The van der Waals surface area contributed by atoms with Crippen molar-refractivity contribution in [3.63, 3.8) is 0 Å². The van der Waals surface area contributed by atoms with Crippen molar-refractivity contribution in [2.45, 2.75) is 6.42 Å². The second-order valence-electron chi connectivity index (χ2n) is 10.0. The van der Waals surface area contributed by atoms with Crippen molar-refractivity contribution in [3.8, 4) is 45.1 Å². The number of hydrogen-bond donors (Lipinski definition) is 1. The molecule has 1 aliphatic carbocycles. The minimum atomic E-state index is 0.223. The first-order valence-electron chi connectivity index (χ1n) is 13.1. The number of nitrogens with zero attached hydrogens (tertiary/aromatic N) is 3. The van der Waals surface area contributed by atoms with E-state index in [0.717, 1.165) is 51.2 Å². The topological polar surface area (TPSA) is 50.9 Å². The highest BCUT2D eigenvalue weighted by Gasteiger charge is 2.25. The molecule has 4 aromatic carbocycles. The van der Waals surface area contributed by atoms with Crippen molar-refractivity contribution in [1.29, 1.82) is 0 Å². The molecule has 39 heavy (non-hydrogen) atoms. The summed E-state index contributed by atoms with van der Waals surface area (Å²) in [6, 6.07) is 39.1. The molecule has 4 heteroatoms. The molecule has 0 fully saturated rings. The Kier molecular flexibility index (Phi) is 4.70. The number of fused-ring (bicyclic) bond motifs is 7. The van der Waals surface area contributed by atoms with Crippen LogP contribution in [0.25, 0.3) is 61.3 Å². The average Bonchev–Trinajstić information content (AvgIpc) is 3.53. The van der Waals surface area contributed by atoms with Gasteiger partial charge >= 0.3 is 0 Å². The monoisotopic (exact) mass is 501 g/mol. The van der Waals surface area contributed by atoms with E-state index in [-0.39, 0.29) is 5.75 Å². The predicted octanol–water partition coefficient (Wildman–Crippen LogP) is 8.18. The van der Waals surface area contributed by atoms with Crippen molar-refractivity contribution < 1.29 is 5.11 Å². The van der Waals surface area contributed by atoms with E-state index in [0.29, 0.717) is 0 Å². The van der Waals surface area contributed by atoms with E-state index in [1.165, 1.54) is 27.6 Å². The lowest BCUT2D eigenvalue weighted by Crippen LogP contribution is -1.96. The van der Waals surface area contributed by atoms with Gasteiger partial charge in [0, 0.05) is 33.8 Å². The summed E-state index contributed by atoms with van der Waals surface area (Å²) < 4.78 is 2.27. The Hall–Kier alpha value is -5.22. The number of hydrogen-bond acceptors (Lipinski definition) is 3.